The largest absolute Gasteiger partial charge is 0.368 e. The van der Waals surface area contributed by atoms with Crippen LogP contribution in [0.3, 0.4) is 0 Å². The summed E-state index contributed by atoms with van der Waals surface area (Å²) in [7, 11) is 1.96. The van der Waals surface area contributed by atoms with Gasteiger partial charge in [-0.25, -0.2) is 0 Å². The minimum Gasteiger partial charge on any atom is -0.368 e. The second-order valence-electron chi connectivity index (χ2n) is 6.03. The lowest BCUT2D eigenvalue weighted by Gasteiger charge is -2.24. The van der Waals surface area contributed by atoms with Crippen molar-refractivity contribution in [3.05, 3.63) is 36.2 Å². The van der Waals surface area contributed by atoms with Crippen LogP contribution in [-0.2, 0) is 7.05 Å². The summed E-state index contributed by atoms with van der Waals surface area (Å²) in [5, 5.41) is 4.28. The third kappa shape index (κ3) is 2.11. The Bertz CT molecular complexity index is 612. The Labute approximate surface area is 121 Å². The molecule has 0 fully saturated rings. The molecule has 1 atom stereocenters. The molecule has 0 unspecified atom stereocenters. The number of benzene rings is 1. The van der Waals surface area contributed by atoms with E-state index in [2.05, 4.69) is 55.2 Å². The Balaban J connectivity index is 2.03. The Morgan fingerprint density at radius 1 is 1.30 bits per heavy atom. The van der Waals surface area contributed by atoms with Gasteiger partial charge in [-0.1, -0.05) is 13.0 Å². The lowest BCUT2D eigenvalue weighted by atomic mass is 9.95. The van der Waals surface area contributed by atoms with Gasteiger partial charge in [-0.3, -0.25) is 4.68 Å². The Morgan fingerprint density at radius 2 is 2.10 bits per heavy atom. The van der Waals surface area contributed by atoms with Gasteiger partial charge in [-0.2, -0.15) is 5.10 Å². The fourth-order valence-corrected chi connectivity index (χ4v) is 3.17. The highest BCUT2D eigenvalue weighted by Gasteiger charge is 2.29. The minimum atomic E-state index is 0.564. The first kappa shape index (κ1) is 13.2. The SMILES string of the molecule is CC[C@H]1CN(C(C)C)c2ccc(-c3cnn(C)c3)cc21. The van der Waals surface area contributed by atoms with Gasteiger partial charge in [0.1, 0.15) is 0 Å². The molecule has 3 rings (SSSR count). The average molecular weight is 269 g/mol. The van der Waals surface area contributed by atoms with E-state index in [1.807, 2.05) is 17.9 Å². The van der Waals surface area contributed by atoms with E-state index in [1.165, 1.54) is 28.8 Å². The molecule has 3 nitrogen and oxygen atoms in total. The number of aryl methyl sites for hydroxylation is 1. The number of fused-ring (bicyclic) bond motifs is 1. The predicted molar refractivity (Wildman–Crippen MR) is 84.2 cm³/mol. The van der Waals surface area contributed by atoms with Gasteiger partial charge in [0.15, 0.2) is 0 Å². The van der Waals surface area contributed by atoms with Crippen LogP contribution in [0.25, 0.3) is 11.1 Å². The first-order chi connectivity index (χ1) is 9.60. The van der Waals surface area contributed by atoms with E-state index in [4.69, 9.17) is 0 Å². The maximum atomic E-state index is 4.28. The zero-order valence-corrected chi connectivity index (χ0v) is 12.8. The lowest BCUT2D eigenvalue weighted by Crippen LogP contribution is -2.29. The minimum absolute atomic E-state index is 0.564. The topological polar surface area (TPSA) is 21.1 Å². The van der Waals surface area contributed by atoms with Crippen molar-refractivity contribution >= 4 is 5.69 Å². The van der Waals surface area contributed by atoms with Crippen molar-refractivity contribution in [2.75, 3.05) is 11.4 Å². The second kappa shape index (κ2) is 4.97. The zero-order valence-electron chi connectivity index (χ0n) is 12.8. The standard InChI is InChI=1S/C17H23N3/c1-5-13-11-20(12(2)3)17-7-6-14(8-16(13)17)15-9-18-19(4)10-15/h6-10,12-13H,5,11H2,1-4H3/t13-/m0/s1. The number of hydrogen-bond donors (Lipinski definition) is 0. The molecule has 0 aliphatic carbocycles. The summed E-state index contributed by atoms with van der Waals surface area (Å²) < 4.78 is 1.86. The molecule has 0 saturated carbocycles. The molecule has 0 bridgehead atoms. The molecule has 0 amide bonds. The Kier molecular flexibility index (Phi) is 3.28. The maximum Gasteiger partial charge on any atom is 0.0568 e. The van der Waals surface area contributed by atoms with Crippen LogP contribution in [0.5, 0.6) is 0 Å². The predicted octanol–water partition coefficient (Wildman–Crippen LogP) is 3.81. The van der Waals surface area contributed by atoms with Gasteiger partial charge in [-0.05, 0) is 43.5 Å². The molecular formula is C17H23N3. The van der Waals surface area contributed by atoms with Crippen molar-refractivity contribution in [1.82, 2.24) is 9.78 Å². The van der Waals surface area contributed by atoms with Crippen molar-refractivity contribution in [2.24, 2.45) is 7.05 Å². The van der Waals surface area contributed by atoms with E-state index in [0.29, 0.717) is 12.0 Å². The summed E-state index contributed by atoms with van der Waals surface area (Å²) in [4.78, 5) is 2.52. The fourth-order valence-electron chi connectivity index (χ4n) is 3.17. The molecule has 3 heteroatoms. The highest BCUT2D eigenvalue weighted by molar-refractivity contribution is 5.71. The molecule has 106 valence electrons. The number of aromatic nitrogens is 2. The molecule has 0 radical (unpaired) electrons. The lowest BCUT2D eigenvalue weighted by molar-refractivity contribution is 0.630. The monoisotopic (exact) mass is 269 g/mol. The van der Waals surface area contributed by atoms with Gasteiger partial charge in [-0.15, -0.1) is 0 Å². The van der Waals surface area contributed by atoms with Gasteiger partial charge < -0.3 is 4.90 Å². The first-order valence-corrected chi connectivity index (χ1v) is 7.49. The first-order valence-electron chi connectivity index (χ1n) is 7.49. The van der Waals surface area contributed by atoms with Crippen LogP contribution in [-0.4, -0.2) is 22.4 Å². The van der Waals surface area contributed by atoms with Crippen LogP contribution < -0.4 is 4.90 Å². The number of hydrogen-bond acceptors (Lipinski definition) is 2. The fraction of sp³-hybridized carbons (Fsp3) is 0.471. The molecule has 0 N–H and O–H groups in total. The number of nitrogens with zero attached hydrogens (tertiary/aromatic N) is 3. The van der Waals surface area contributed by atoms with Gasteiger partial charge in [0.2, 0.25) is 0 Å². The van der Waals surface area contributed by atoms with E-state index in [0.717, 1.165) is 6.54 Å². The third-order valence-corrected chi connectivity index (χ3v) is 4.35. The van der Waals surface area contributed by atoms with Gasteiger partial charge in [0.05, 0.1) is 6.20 Å². The van der Waals surface area contributed by atoms with Crippen LogP contribution in [0.1, 0.15) is 38.7 Å². The van der Waals surface area contributed by atoms with Crippen molar-refractivity contribution in [3.8, 4) is 11.1 Å². The smallest absolute Gasteiger partial charge is 0.0568 e. The van der Waals surface area contributed by atoms with Crippen molar-refractivity contribution < 1.29 is 0 Å². The second-order valence-corrected chi connectivity index (χ2v) is 6.03. The highest BCUT2D eigenvalue weighted by atomic mass is 15.2. The molecule has 0 saturated heterocycles. The molecule has 2 aromatic rings. The van der Waals surface area contributed by atoms with Gasteiger partial charge in [0.25, 0.3) is 0 Å². The zero-order chi connectivity index (χ0) is 14.3. The maximum absolute atomic E-state index is 4.28. The molecular weight excluding hydrogens is 246 g/mol. The van der Waals surface area contributed by atoms with Crippen LogP contribution in [0.15, 0.2) is 30.6 Å². The molecule has 1 aromatic carbocycles. The molecule has 20 heavy (non-hydrogen) atoms. The normalized spacial score (nSPS) is 17.9. The van der Waals surface area contributed by atoms with Gasteiger partial charge in [0, 0.05) is 43.0 Å². The third-order valence-electron chi connectivity index (χ3n) is 4.35. The van der Waals surface area contributed by atoms with Crippen molar-refractivity contribution in [2.45, 2.75) is 39.2 Å². The number of anilines is 1. The molecule has 1 aliphatic heterocycles. The summed E-state index contributed by atoms with van der Waals surface area (Å²) in [5.41, 5.74) is 5.40. The summed E-state index contributed by atoms with van der Waals surface area (Å²) in [5.74, 6) is 0.657. The van der Waals surface area contributed by atoms with E-state index in [1.54, 1.807) is 0 Å². The summed E-state index contributed by atoms with van der Waals surface area (Å²) >= 11 is 0. The van der Waals surface area contributed by atoms with Crippen LogP contribution in [0.2, 0.25) is 0 Å². The molecule has 1 aliphatic rings. The van der Waals surface area contributed by atoms with Crippen LogP contribution in [0, 0.1) is 0 Å². The van der Waals surface area contributed by atoms with Gasteiger partial charge >= 0.3 is 0 Å². The summed E-state index contributed by atoms with van der Waals surface area (Å²) in [6.45, 7) is 7.99. The van der Waals surface area contributed by atoms with Crippen LogP contribution in [0.4, 0.5) is 5.69 Å². The molecule has 2 heterocycles. The van der Waals surface area contributed by atoms with Crippen molar-refractivity contribution in [3.63, 3.8) is 0 Å². The van der Waals surface area contributed by atoms with Crippen LogP contribution >= 0.6 is 0 Å². The summed E-state index contributed by atoms with van der Waals surface area (Å²) in [6, 6.07) is 7.44. The van der Waals surface area contributed by atoms with E-state index in [9.17, 15) is 0 Å². The van der Waals surface area contributed by atoms with E-state index in [-0.39, 0.29) is 0 Å². The number of rotatable bonds is 3. The summed E-state index contributed by atoms with van der Waals surface area (Å²) in [6.07, 6.45) is 5.22. The molecule has 1 aromatic heterocycles. The average Bonchev–Trinajstić information content (AvgIpc) is 3.01. The highest BCUT2D eigenvalue weighted by Crippen LogP contribution is 2.41. The van der Waals surface area contributed by atoms with E-state index >= 15 is 0 Å². The van der Waals surface area contributed by atoms with Crippen molar-refractivity contribution in [1.29, 1.82) is 0 Å². The Hall–Kier alpha value is -1.77. The Morgan fingerprint density at radius 3 is 2.70 bits per heavy atom. The van der Waals surface area contributed by atoms with E-state index < -0.39 is 0 Å². The quantitative estimate of drug-likeness (QED) is 0.845. The molecule has 0 spiro atoms.